The lowest BCUT2D eigenvalue weighted by atomic mass is 9.87. The number of rotatable bonds is 5. The van der Waals surface area contributed by atoms with Gasteiger partial charge < -0.3 is 4.74 Å². The van der Waals surface area contributed by atoms with Gasteiger partial charge in [0, 0.05) is 5.56 Å². The first kappa shape index (κ1) is 22.7. The first-order chi connectivity index (χ1) is 14.0. The highest BCUT2D eigenvalue weighted by molar-refractivity contribution is 5.29. The first-order valence-corrected chi connectivity index (χ1v) is 11.8. The van der Waals surface area contributed by atoms with Crippen molar-refractivity contribution in [2.75, 3.05) is 0 Å². The van der Waals surface area contributed by atoms with Crippen LogP contribution in [0.15, 0.2) is 66.7 Å². The van der Waals surface area contributed by atoms with Crippen LogP contribution < -0.4 is 25.9 Å². The van der Waals surface area contributed by atoms with E-state index in [-0.39, 0.29) is 33.2 Å². The minimum atomic E-state index is -4.32. The Balaban J connectivity index is 1.62. The Morgan fingerprint density at radius 1 is 0.800 bits per heavy atom. The summed E-state index contributed by atoms with van der Waals surface area (Å²) >= 11 is -0.287. The zero-order valence-electron chi connectivity index (χ0n) is 17.5. The molecule has 0 fully saturated rings. The van der Waals surface area contributed by atoms with E-state index in [1.54, 1.807) is 0 Å². The molecule has 0 amide bonds. The van der Waals surface area contributed by atoms with E-state index in [1.807, 2.05) is 12.1 Å². The third kappa shape index (κ3) is 6.00. The maximum atomic E-state index is 12.7. The van der Waals surface area contributed by atoms with Crippen molar-refractivity contribution in [2.45, 2.75) is 45.9 Å². The van der Waals surface area contributed by atoms with Crippen LogP contribution >= 0.6 is 0 Å². The molecule has 0 unspecified atom stereocenters. The summed E-state index contributed by atoms with van der Waals surface area (Å²) in [4.78, 5) is 0. The standard InChI is InChI=1S/C25H25F3IO/c1-17-15-22(30-16-18-5-7-20(8-6-18)25(26,27)28)13-14-23(17)29-21-11-9-19(10-12-21)24(2,3)4/h5-15H,16H2,1-4H3/q+1. The van der Waals surface area contributed by atoms with Crippen molar-refractivity contribution >= 4 is 0 Å². The Morgan fingerprint density at radius 2 is 1.40 bits per heavy atom. The number of ether oxygens (including phenoxy) is 1. The monoisotopic (exact) mass is 525 g/mol. The average Bonchev–Trinajstić information content (AvgIpc) is 2.67. The van der Waals surface area contributed by atoms with Gasteiger partial charge in [0.25, 0.3) is 0 Å². The van der Waals surface area contributed by atoms with Gasteiger partial charge >= 0.3 is 27.4 Å². The van der Waals surface area contributed by atoms with E-state index in [0.29, 0.717) is 5.56 Å². The lowest BCUT2D eigenvalue weighted by Gasteiger charge is -2.18. The second kappa shape index (κ2) is 9.00. The summed E-state index contributed by atoms with van der Waals surface area (Å²) in [5.41, 5.74) is 2.72. The molecule has 0 aromatic heterocycles. The molecule has 0 atom stereocenters. The van der Waals surface area contributed by atoms with Crippen LogP contribution in [0.2, 0.25) is 0 Å². The Bertz CT molecular complexity index is 985. The molecule has 30 heavy (non-hydrogen) atoms. The van der Waals surface area contributed by atoms with Crippen molar-refractivity contribution < 1.29 is 39.1 Å². The van der Waals surface area contributed by atoms with Gasteiger partial charge in [-0.15, -0.1) is 0 Å². The van der Waals surface area contributed by atoms with Crippen LogP contribution in [0.25, 0.3) is 0 Å². The molecule has 3 rings (SSSR count). The summed E-state index contributed by atoms with van der Waals surface area (Å²) in [7, 11) is 0. The molecule has 0 aliphatic rings. The van der Waals surface area contributed by atoms with Crippen molar-refractivity contribution in [1.29, 1.82) is 0 Å². The van der Waals surface area contributed by atoms with Crippen LogP contribution in [-0.4, -0.2) is 0 Å². The van der Waals surface area contributed by atoms with E-state index in [2.05, 4.69) is 58.0 Å². The van der Waals surface area contributed by atoms with Gasteiger partial charge in [-0.05, 0) is 65.9 Å². The summed E-state index contributed by atoms with van der Waals surface area (Å²) < 4.78 is 46.4. The SMILES string of the molecule is Cc1cc(OCc2ccc(C(F)(F)F)cc2)ccc1[I+]c1ccc(C(C)(C)C)cc1. The molecular weight excluding hydrogens is 500 g/mol. The van der Waals surface area contributed by atoms with Gasteiger partial charge in [0.15, 0.2) is 7.14 Å². The molecule has 0 saturated heterocycles. The molecule has 0 bridgehead atoms. The number of benzene rings is 3. The van der Waals surface area contributed by atoms with E-state index in [0.717, 1.165) is 17.9 Å². The minimum absolute atomic E-state index is 0.152. The van der Waals surface area contributed by atoms with Crippen LogP contribution in [-0.2, 0) is 18.2 Å². The predicted octanol–water partition coefficient (Wildman–Crippen LogP) is 4.02. The molecule has 0 aliphatic carbocycles. The molecule has 0 aliphatic heterocycles. The molecule has 0 heterocycles. The molecular formula is C25H25F3IO+. The maximum absolute atomic E-state index is 12.7. The number of aryl methyl sites for hydroxylation is 1. The predicted molar refractivity (Wildman–Crippen MR) is 109 cm³/mol. The summed E-state index contributed by atoms with van der Waals surface area (Å²) in [5, 5.41) is 0. The third-order valence-corrected chi connectivity index (χ3v) is 7.87. The van der Waals surface area contributed by atoms with Crippen LogP contribution in [0.5, 0.6) is 5.75 Å². The molecule has 0 N–H and O–H groups in total. The fraction of sp³-hybridized carbons (Fsp3) is 0.280. The van der Waals surface area contributed by atoms with Crippen molar-refractivity contribution in [1.82, 2.24) is 0 Å². The van der Waals surface area contributed by atoms with Crippen LogP contribution in [0.3, 0.4) is 0 Å². The second-order valence-electron chi connectivity index (χ2n) is 8.25. The van der Waals surface area contributed by atoms with Gasteiger partial charge in [-0.1, -0.05) is 45.0 Å². The van der Waals surface area contributed by atoms with Gasteiger partial charge in [-0.3, -0.25) is 0 Å². The largest absolute Gasteiger partial charge is 0.489 e. The number of hydrogen-bond donors (Lipinski definition) is 0. The Hall–Kier alpha value is -2.02. The van der Waals surface area contributed by atoms with E-state index in [1.165, 1.54) is 30.4 Å². The van der Waals surface area contributed by atoms with Crippen molar-refractivity contribution in [3.63, 3.8) is 0 Å². The third-order valence-electron chi connectivity index (χ3n) is 4.74. The molecule has 0 spiro atoms. The topological polar surface area (TPSA) is 9.23 Å². The number of hydrogen-bond acceptors (Lipinski definition) is 1. The molecule has 0 radical (unpaired) electrons. The summed E-state index contributed by atoms with van der Waals surface area (Å²) in [6, 6.07) is 20.0. The fourth-order valence-electron chi connectivity index (χ4n) is 2.90. The van der Waals surface area contributed by atoms with Crippen molar-refractivity contribution in [3.05, 3.63) is 96.1 Å². The second-order valence-corrected chi connectivity index (χ2v) is 11.2. The summed E-state index contributed by atoms with van der Waals surface area (Å²) in [5.74, 6) is 0.725. The molecule has 0 saturated carbocycles. The van der Waals surface area contributed by atoms with E-state index >= 15 is 0 Å². The fourth-order valence-corrected chi connectivity index (χ4v) is 5.23. The van der Waals surface area contributed by atoms with E-state index in [9.17, 15) is 13.2 Å². The zero-order chi connectivity index (χ0) is 21.9. The van der Waals surface area contributed by atoms with E-state index < -0.39 is 11.7 Å². The highest BCUT2D eigenvalue weighted by Gasteiger charge is 2.30. The molecule has 5 heteroatoms. The van der Waals surface area contributed by atoms with Crippen molar-refractivity contribution in [2.24, 2.45) is 0 Å². The number of halogens is 4. The van der Waals surface area contributed by atoms with Gasteiger partial charge in [0.1, 0.15) is 12.4 Å². The average molecular weight is 525 g/mol. The quantitative estimate of drug-likeness (QED) is 0.458. The maximum Gasteiger partial charge on any atom is 0.416 e. The van der Waals surface area contributed by atoms with Gasteiger partial charge in [0.2, 0.25) is 0 Å². The molecule has 1 nitrogen and oxygen atoms in total. The Morgan fingerprint density at radius 3 is 1.93 bits per heavy atom. The normalized spacial score (nSPS) is 12.1. The van der Waals surface area contributed by atoms with Crippen LogP contribution in [0.4, 0.5) is 13.2 Å². The zero-order valence-corrected chi connectivity index (χ0v) is 19.6. The highest BCUT2D eigenvalue weighted by Crippen LogP contribution is 2.29. The Labute approximate surface area is 186 Å². The smallest absolute Gasteiger partial charge is 0.416 e. The van der Waals surface area contributed by atoms with Crippen molar-refractivity contribution in [3.8, 4) is 5.75 Å². The lowest BCUT2D eigenvalue weighted by Crippen LogP contribution is -3.61. The summed E-state index contributed by atoms with van der Waals surface area (Å²) in [6.07, 6.45) is -4.32. The first-order valence-electron chi connectivity index (χ1n) is 9.67. The molecule has 158 valence electrons. The summed E-state index contributed by atoms with van der Waals surface area (Å²) in [6.45, 7) is 8.95. The minimum Gasteiger partial charge on any atom is -0.489 e. The van der Waals surface area contributed by atoms with Crippen LogP contribution in [0, 0.1) is 14.1 Å². The number of alkyl halides is 3. The van der Waals surface area contributed by atoms with Gasteiger partial charge in [0.05, 0.1) is 5.56 Å². The molecule has 3 aromatic carbocycles. The van der Waals surface area contributed by atoms with Gasteiger partial charge in [-0.25, -0.2) is 0 Å². The van der Waals surface area contributed by atoms with Gasteiger partial charge in [-0.2, -0.15) is 13.2 Å². The highest BCUT2D eigenvalue weighted by atomic mass is 127. The molecule has 3 aromatic rings. The van der Waals surface area contributed by atoms with E-state index in [4.69, 9.17) is 4.74 Å². The Kier molecular flexibility index (Phi) is 6.80. The lowest BCUT2D eigenvalue weighted by molar-refractivity contribution is -0.598. The van der Waals surface area contributed by atoms with Crippen LogP contribution in [0.1, 0.15) is 43.0 Å².